The summed E-state index contributed by atoms with van der Waals surface area (Å²) < 4.78 is 6.15. The number of carbonyl (C=O) groups is 1. The second kappa shape index (κ2) is 20.0. The first-order chi connectivity index (χ1) is 25.7. The molecule has 5 aromatic rings. The van der Waals surface area contributed by atoms with E-state index in [1.807, 2.05) is 60.7 Å². The van der Waals surface area contributed by atoms with Gasteiger partial charge in [0.1, 0.15) is 5.75 Å². The SMILES string of the molecule is O=C(CN1CCCNCc2cccc(n2)CNCc2cccc(n2)CNCCC1)NCCCOc1cc(-c2ccccn2)nc(-c2ccccn2)c1. The molecule has 6 heterocycles. The molecule has 12 nitrogen and oxygen atoms in total. The number of hydrogen-bond acceptors (Lipinski definition) is 11. The van der Waals surface area contributed by atoms with Gasteiger partial charge >= 0.3 is 0 Å². The minimum atomic E-state index is 0.0183. The minimum absolute atomic E-state index is 0.0183. The van der Waals surface area contributed by atoms with Crippen LogP contribution in [0.25, 0.3) is 22.8 Å². The van der Waals surface area contributed by atoms with Crippen molar-refractivity contribution < 1.29 is 9.53 Å². The van der Waals surface area contributed by atoms with Gasteiger partial charge in [-0.1, -0.05) is 24.3 Å². The van der Waals surface area contributed by atoms with Crippen molar-refractivity contribution in [2.24, 2.45) is 0 Å². The van der Waals surface area contributed by atoms with Crippen LogP contribution >= 0.6 is 0 Å². The molecule has 0 spiro atoms. The van der Waals surface area contributed by atoms with Crippen LogP contribution in [0.1, 0.15) is 42.0 Å². The number of fused-ring (bicyclic) bond motifs is 4. The van der Waals surface area contributed by atoms with Gasteiger partial charge in [0.25, 0.3) is 0 Å². The third-order valence-corrected chi connectivity index (χ3v) is 8.54. The molecular weight excluding hydrogens is 653 g/mol. The van der Waals surface area contributed by atoms with Gasteiger partial charge in [0, 0.05) is 57.3 Å². The number of amides is 1. The van der Waals surface area contributed by atoms with E-state index in [9.17, 15) is 4.79 Å². The Morgan fingerprint density at radius 2 is 1.19 bits per heavy atom. The normalized spacial score (nSPS) is 15.0. The molecule has 6 rings (SSSR count). The molecular formula is C40H48N10O2. The number of ether oxygens (including phenoxy) is 1. The zero-order valence-electron chi connectivity index (χ0n) is 29.6. The van der Waals surface area contributed by atoms with E-state index < -0.39 is 0 Å². The number of carbonyl (C=O) groups excluding carboxylic acids is 1. The van der Waals surface area contributed by atoms with Crippen molar-refractivity contribution >= 4 is 5.91 Å². The van der Waals surface area contributed by atoms with Crippen molar-refractivity contribution in [3.8, 4) is 28.5 Å². The molecule has 0 atom stereocenters. The molecule has 0 saturated carbocycles. The Morgan fingerprint density at radius 3 is 1.71 bits per heavy atom. The van der Waals surface area contributed by atoms with Gasteiger partial charge in [0.05, 0.1) is 58.7 Å². The number of pyridine rings is 5. The predicted molar refractivity (Wildman–Crippen MR) is 202 cm³/mol. The van der Waals surface area contributed by atoms with Crippen LogP contribution < -0.4 is 26.0 Å². The summed E-state index contributed by atoms with van der Waals surface area (Å²) in [6.45, 7) is 7.45. The van der Waals surface area contributed by atoms with Crippen molar-refractivity contribution in [2.45, 2.75) is 45.4 Å². The lowest BCUT2D eigenvalue weighted by molar-refractivity contribution is -0.122. The van der Waals surface area contributed by atoms with E-state index in [4.69, 9.17) is 19.7 Å². The van der Waals surface area contributed by atoms with Gasteiger partial charge in [-0.2, -0.15) is 0 Å². The topological polar surface area (TPSA) is 142 Å². The average Bonchev–Trinajstić information content (AvgIpc) is 3.18. The van der Waals surface area contributed by atoms with Crippen LogP contribution in [0, 0.1) is 0 Å². The zero-order chi connectivity index (χ0) is 35.6. The first kappa shape index (κ1) is 36.6. The Morgan fingerprint density at radius 1 is 0.654 bits per heavy atom. The van der Waals surface area contributed by atoms with Crippen molar-refractivity contribution in [3.05, 3.63) is 120 Å². The van der Waals surface area contributed by atoms with Gasteiger partial charge in [-0.15, -0.1) is 0 Å². The smallest absolute Gasteiger partial charge is 0.234 e. The van der Waals surface area contributed by atoms with E-state index >= 15 is 0 Å². The predicted octanol–water partition coefficient (Wildman–Crippen LogP) is 4.15. The molecule has 0 aliphatic carbocycles. The Labute approximate surface area is 305 Å². The summed E-state index contributed by atoms with van der Waals surface area (Å²) in [5.74, 6) is 0.702. The maximum Gasteiger partial charge on any atom is 0.234 e. The highest BCUT2D eigenvalue weighted by atomic mass is 16.5. The van der Waals surface area contributed by atoms with Gasteiger partial charge in [-0.25, -0.2) is 4.98 Å². The number of nitrogens with zero attached hydrogens (tertiary/aromatic N) is 6. The third kappa shape index (κ3) is 12.0. The van der Waals surface area contributed by atoms with Gasteiger partial charge in [-0.3, -0.25) is 29.6 Å². The molecule has 4 bridgehead atoms. The molecule has 270 valence electrons. The summed E-state index contributed by atoms with van der Waals surface area (Å²) in [6.07, 6.45) is 6.02. The van der Waals surface area contributed by atoms with E-state index in [2.05, 4.69) is 60.4 Å². The van der Waals surface area contributed by atoms with E-state index in [0.717, 1.165) is 73.2 Å². The van der Waals surface area contributed by atoms with E-state index in [1.165, 1.54) is 0 Å². The fourth-order valence-corrected chi connectivity index (χ4v) is 5.96. The maximum absolute atomic E-state index is 13.1. The largest absolute Gasteiger partial charge is 0.493 e. The molecule has 5 aromatic heterocycles. The average molecular weight is 701 g/mol. The molecule has 0 radical (unpaired) electrons. The van der Waals surface area contributed by atoms with Crippen molar-refractivity contribution in [2.75, 3.05) is 45.9 Å². The Bertz CT molecular complexity index is 1710. The first-order valence-corrected chi connectivity index (χ1v) is 18.2. The summed E-state index contributed by atoms with van der Waals surface area (Å²) >= 11 is 0. The van der Waals surface area contributed by atoms with Crippen LogP contribution in [0.2, 0.25) is 0 Å². The van der Waals surface area contributed by atoms with Crippen molar-refractivity contribution in [1.29, 1.82) is 0 Å². The van der Waals surface area contributed by atoms with Crippen molar-refractivity contribution in [1.82, 2.24) is 51.1 Å². The lowest BCUT2D eigenvalue weighted by Gasteiger charge is -2.22. The maximum atomic E-state index is 13.1. The number of rotatable bonds is 9. The summed E-state index contributed by atoms with van der Waals surface area (Å²) in [5, 5.41) is 13.6. The Balaban J connectivity index is 0.985. The summed E-state index contributed by atoms with van der Waals surface area (Å²) in [5.41, 5.74) is 7.01. The summed E-state index contributed by atoms with van der Waals surface area (Å²) in [7, 11) is 0. The third-order valence-electron chi connectivity index (χ3n) is 8.54. The number of aromatic nitrogens is 5. The monoisotopic (exact) mass is 700 g/mol. The molecule has 0 aromatic carbocycles. The quantitative estimate of drug-likeness (QED) is 0.165. The van der Waals surface area contributed by atoms with Crippen LogP contribution in [0.5, 0.6) is 5.75 Å². The second-order valence-corrected chi connectivity index (χ2v) is 12.7. The second-order valence-electron chi connectivity index (χ2n) is 12.7. The Kier molecular flexibility index (Phi) is 14.1. The molecule has 0 fully saturated rings. The van der Waals surface area contributed by atoms with Crippen LogP contribution in [0.4, 0.5) is 0 Å². The lowest BCUT2D eigenvalue weighted by atomic mass is 10.2. The van der Waals surface area contributed by atoms with Crippen LogP contribution in [0.3, 0.4) is 0 Å². The summed E-state index contributed by atoms with van der Waals surface area (Å²) in [4.78, 5) is 38.6. The zero-order valence-corrected chi connectivity index (χ0v) is 29.6. The van der Waals surface area contributed by atoms with Gasteiger partial charge in [0.15, 0.2) is 0 Å². The van der Waals surface area contributed by atoms with Crippen molar-refractivity contribution in [3.63, 3.8) is 0 Å². The number of hydrogen-bond donors (Lipinski definition) is 4. The van der Waals surface area contributed by atoms with E-state index in [-0.39, 0.29) is 5.91 Å². The Hall–Kier alpha value is -5.14. The molecule has 52 heavy (non-hydrogen) atoms. The highest BCUT2D eigenvalue weighted by Gasteiger charge is 2.12. The molecule has 0 unspecified atom stereocenters. The van der Waals surface area contributed by atoms with Gasteiger partial charge in [0.2, 0.25) is 5.91 Å². The summed E-state index contributed by atoms with van der Waals surface area (Å²) in [6, 6.07) is 27.6. The van der Waals surface area contributed by atoms with Gasteiger partial charge in [-0.05, 0) is 94.0 Å². The van der Waals surface area contributed by atoms with E-state index in [0.29, 0.717) is 69.4 Å². The molecule has 4 N–H and O–H groups in total. The van der Waals surface area contributed by atoms with Crippen LogP contribution in [-0.4, -0.2) is 81.6 Å². The van der Waals surface area contributed by atoms with E-state index in [1.54, 1.807) is 12.4 Å². The van der Waals surface area contributed by atoms with Gasteiger partial charge < -0.3 is 26.0 Å². The molecule has 12 heteroatoms. The molecule has 1 aliphatic rings. The molecule has 0 saturated heterocycles. The highest BCUT2D eigenvalue weighted by Crippen LogP contribution is 2.26. The highest BCUT2D eigenvalue weighted by molar-refractivity contribution is 5.78. The lowest BCUT2D eigenvalue weighted by Crippen LogP contribution is -2.40. The fraction of sp³-hybridized carbons (Fsp3) is 0.350. The van der Waals surface area contributed by atoms with Crippen LogP contribution in [0.15, 0.2) is 97.3 Å². The molecule has 1 amide bonds. The molecule has 1 aliphatic heterocycles. The number of nitrogens with one attached hydrogen (secondary N) is 4. The standard InChI is InChI=1S/C40H48N10O2/c51-40(46-20-9-23-52-35-24-38(36-14-1-3-18-44-36)49-39(25-35)37-15-2-4-19-45-37)30-50-21-7-16-41-26-31-10-5-12-33(47-31)28-43-29-34-13-6-11-32(48-34)27-42-17-8-22-50/h1-6,10-15,18-19,24-25,41-43H,7-9,16-17,20-23,26-30H2,(H,46,51). The first-order valence-electron chi connectivity index (χ1n) is 18.2. The minimum Gasteiger partial charge on any atom is -0.493 e. The fourth-order valence-electron chi connectivity index (χ4n) is 5.96. The van der Waals surface area contributed by atoms with Crippen LogP contribution in [-0.2, 0) is 31.0 Å².